The quantitative estimate of drug-likeness (QED) is 0.379. The highest BCUT2D eigenvalue weighted by Gasteiger charge is 2.45. The van der Waals surface area contributed by atoms with Gasteiger partial charge in [-0.15, -0.1) is 0 Å². The van der Waals surface area contributed by atoms with E-state index in [2.05, 4.69) is 20.1 Å². The summed E-state index contributed by atoms with van der Waals surface area (Å²) in [6.07, 6.45) is 4.66. The van der Waals surface area contributed by atoms with Gasteiger partial charge in [0.1, 0.15) is 17.6 Å². The van der Waals surface area contributed by atoms with E-state index in [-0.39, 0.29) is 17.1 Å². The van der Waals surface area contributed by atoms with E-state index in [9.17, 15) is 4.39 Å². The Kier molecular flexibility index (Phi) is 5.89. The van der Waals surface area contributed by atoms with Crippen molar-refractivity contribution in [3.63, 3.8) is 0 Å². The second kappa shape index (κ2) is 9.45. The fourth-order valence-corrected chi connectivity index (χ4v) is 6.39. The number of methoxy groups -OCH3 is 1. The fourth-order valence-electron chi connectivity index (χ4n) is 6.39. The van der Waals surface area contributed by atoms with Gasteiger partial charge in [0.05, 0.1) is 18.2 Å². The molecule has 1 aromatic carbocycles. The van der Waals surface area contributed by atoms with Gasteiger partial charge in [-0.05, 0) is 57.0 Å². The van der Waals surface area contributed by atoms with Gasteiger partial charge < -0.3 is 29.8 Å². The maximum Gasteiger partial charge on any atom is 0.319 e. The first-order valence-electron chi connectivity index (χ1n) is 13.5. The molecule has 0 bridgehead atoms. The van der Waals surface area contributed by atoms with Gasteiger partial charge in [0, 0.05) is 37.3 Å². The van der Waals surface area contributed by atoms with E-state index in [0.29, 0.717) is 52.0 Å². The van der Waals surface area contributed by atoms with Crippen molar-refractivity contribution in [2.75, 3.05) is 63.6 Å². The number of hydrogen-bond acceptors (Lipinski definition) is 11. The van der Waals surface area contributed by atoms with Crippen LogP contribution >= 0.6 is 0 Å². The Balaban J connectivity index is 1.35. The van der Waals surface area contributed by atoms with Crippen LogP contribution in [0.15, 0.2) is 22.6 Å². The average molecular weight is 535 g/mol. The summed E-state index contributed by atoms with van der Waals surface area (Å²) in [5.74, 6) is 0.512. The van der Waals surface area contributed by atoms with Gasteiger partial charge in [0.15, 0.2) is 17.2 Å². The smallest absolute Gasteiger partial charge is 0.319 e. The summed E-state index contributed by atoms with van der Waals surface area (Å²) in [5.41, 5.74) is 8.51. The maximum absolute atomic E-state index is 14.5. The Bertz CT molecular complexity index is 1540. The molecular formula is C27H31FN8O3. The first kappa shape index (κ1) is 24.3. The van der Waals surface area contributed by atoms with Gasteiger partial charge in [-0.25, -0.2) is 9.37 Å². The van der Waals surface area contributed by atoms with E-state index >= 15 is 0 Å². The minimum atomic E-state index is -0.545. The number of piperazine rings is 1. The van der Waals surface area contributed by atoms with Crippen LogP contribution in [0.3, 0.4) is 0 Å². The lowest BCUT2D eigenvalue weighted by atomic mass is 9.95. The number of ether oxygens (including phenoxy) is 2. The van der Waals surface area contributed by atoms with E-state index in [0.717, 1.165) is 52.1 Å². The molecule has 0 spiro atoms. The molecule has 0 aliphatic carbocycles. The predicted molar refractivity (Wildman–Crippen MR) is 145 cm³/mol. The molecule has 204 valence electrons. The lowest BCUT2D eigenvalue weighted by Gasteiger charge is -2.32. The molecule has 0 atom stereocenters. The van der Waals surface area contributed by atoms with Crippen LogP contribution in [0.25, 0.3) is 33.3 Å². The average Bonchev–Trinajstić information content (AvgIpc) is 3.66. The van der Waals surface area contributed by atoms with E-state index in [1.54, 1.807) is 13.2 Å². The summed E-state index contributed by atoms with van der Waals surface area (Å²) in [4.78, 5) is 23.5. The van der Waals surface area contributed by atoms with Crippen LogP contribution in [0, 0.1) is 5.82 Å². The van der Waals surface area contributed by atoms with Gasteiger partial charge in [-0.2, -0.15) is 15.0 Å². The molecule has 0 unspecified atom stereocenters. The molecule has 3 N–H and O–H groups in total. The van der Waals surface area contributed by atoms with Crippen molar-refractivity contribution in [3.05, 3.63) is 24.0 Å². The third kappa shape index (κ3) is 4.09. The fraction of sp³-hybridized carbons (Fsp3) is 0.481. The Morgan fingerprint density at radius 1 is 1.03 bits per heavy atom. The van der Waals surface area contributed by atoms with Crippen molar-refractivity contribution in [1.29, 1.82) is 0 Å². The van der Waals surface area contributed by atoms with Crippen molar-refractivity contribution in [1.82, 2.24) is 30.2 Å². The number of oxazole rings is 1. The predicted octanol–water partition coefficient (Wildman–Crippen LogP) is 2.98. The second-order valence-corrected chi connectivity index (χ2v) is 10.5. The minimum absolute atomic E-state index is 0.0164. The van der Waals surface area contributed by atoms with E-state index in [1.807, 2.05) is 6.07 Å². The SMILES string of the molecule is COc1nc2c(N3CCNCC3)nc(OCC34CCCN3CCC4)nc2cc1-c1ccc(F)c2oc(N)nc12. The Morgan fingerprint density at radius 2 is 1.82 bits per heavy atom. The first-order chi connectivity index (χ1) is 19.0. The number of benzene rings is 1. The number of anilines is 2. The van der Waals surface area contributed by atoms with Crippen molar-refractivity contribution >= 4 is 34.0 Å². The largest absolute Gasteiger partial charge is 0.481 e. The monoisotopic (exact) mass is 534 g/mol. The lowest BCUT2D eigenvalue weighted by molar-refractivity contribution is 0.108. The highest BCUT2D eigenvalue weighted by Crippen LogP contribution is 2.41. The number of nitrogen functional groups attached to an aromatic ring is 1. The number of rotatable bonds is 6. The molecule has 4 aromatic rings. The lowest BCUT2D eigenvalue weighted by Crippen LogP contribution is -2.44. The number of halogens is 1. The number of nitrogens with two attached hydrogens (primary N) is 1. The zero-order chi connectivity index (χ0) is 26.6. The van der Waals surface area contributed by atoms with Gasteiger partial charge in [0.2, 0.25) is 5.88 Å². The molecule has 3 saturated heterocycles. The molecule has 39 heavy (non-hydrogen) atoms. The van der Waals surface area contributed by atoms with Gasteiger partial charge in [-0.3, -0.25) is 4.90 Å². The molecule has 7 rings (SSSR count). The molecule has 6 heterocycles. The highest BCUT2D eigenvalue weighted by molar-refractivity contribution is 5.97. The summed E-state index contributed by atoms with van der Waals surface area (Å²) in [5, 5.41) is 3.39. The summed E-state index contributed by atoms with van der Waals surface area (Å²) < 4.78 is 31.9. The van der Waals surface area contributed by atoms with Crippen LogP contribution in [0.5, 0.6) is 11.9 Å². The zero-order valence-electron chi connectivity index (χ0n) is 21.9. The van der Waals surface area contributed by atoms with Gasteiger partial charge >= 0.3 is 6.01 Å². The molecule has 3 aromatic heterocycles. The van der Waals surface area contributed by atoms with Crippen LogP contribution in [-0.4, -0.2) is 83.4 Å². The molecule has 0 radical (unpaired) electrons. The van der Waals surface area contributed by atoms with Crippen molar-refractivity contribution < 1.29 is 18.3 Å². The minimum Gasteiger partial charge on any atom is -0.481 e. The number of nitrogens with zero attached hydrogens (tertiary/aromatic N) is 6. The third-order valence-electron chi connectivity index (χ3n) is 8.29. The van der Waals surface area contributed by atoms with Crippen LogP contribution in [-0.2, 0) is 0 Å². The van der Waals surface area contributed by atoms with Crippen LogP contribution < -0.4 is 25.4 Å². The van der Waals surface area contributed by atoms with Crippen LogP contribution in [0.2, 0.25) is 0 Å². The molecule has 3 aliphatic rings. The molecule has 12 heteroatoms. The molecular weight excluding hydrogens is 503 g/mol. The molecule has 3 aliphatic heterocycles. The van der Waals surface area contributed by atoms with E-state index in [4.69, 9.17) is 34.6 Å². The van der Waals surface area contributed by atoms with Crippen molar-refractivity contribution in [3.8, 4) is 23.0 Å². The van der Waals surface area contributed by atoms with Crippen LogP contribution in [0.1, 0.15) is 25.7 Å². The third-order valence-corrected chi connectivity index (χ3v) is 8.29. The van der Waals surface area contributed by atoms with Gasteiger partial charge in [-0.1, -0.05) is 0 Å². The number of hydrogen-bond donors (Lipinski definition) is 2. The molecule has 3 fully saturated rings. The van der Waals surface area contributed by atoms with E-state index < -0.39 is 5.82 Å². The van der Waals surface area contributed by atoms with Gasteiger partial charge in [0.25, 0.3) is 6.01 Å². The number of fused-ring (bicyclic) bond motifs is 3. The Labute approximate surface area is 224 Å². The topological polar surface area (TPSA) is 128 Å². The standard InChI is InChI=1S/C27H31FN8O3/c1-37-24-17(16-4-5-18(28)22-20(16)33-25(29)39-22)14-19-21(32-24)23(35-12-8-30-9-13-35)34-26(31-19)38-15-27-6-2-10-36(27)11-3-7-27/h4-5,14,30H,2-3,6-13,15H2,1H3,(H2,29,33). The van der Waals surface area contributed by atoms with Crippen molar-refractivity contribution in [2.45, 2.75) is 31.2 Å². The maximum atomic E-state index is 14.5. The Hall–Kier alpha value is -3.77. The summed E-state index contributed by atoms with van der Waals surface area (Å²) in [6, 6.07) is 5.02. The van der Waals surface area contributed by atoms with Crippen LogP contribution in [0.4, 0.5) is 16.2 Å². The molecule has 11 nitrogen and oxygen atoms in total. The number of nitrogens with one attached hydrogen (secondary N) is 1. The number of pyridine rings is 1. The highest BCUT2D eigenvalue weighted by atomic mass is 19.1. The zero-order valence-corrected chi connectivity index (χ0v) is 21.9. The second-order valence-electron chi connectivity index (χ2n) is 10.5. The summed E-state index contributed by atoms with van der Waals surface area (Å²) in [6.45, 7) is 6.07. The first-order valence-corrected chi connectivity index (χ1v) is 13.5. The van der Waals surface area contributed by atoms with E-state index in [1.165, 1.54) is 18.9 Å². The Morgan fingerprint density at radius 3 is 2.59 bits per heavy atom. The normalized spacial score (nSPS) is 19.2. The summed E-state index contributed by atoms with van der Waals surface area (Å²) >= 11 is 0. The molecule has 0 saturated carbocycles. The summed E-state index contributed by atoms with van der Waals surface area (Å²) in [7, 11) is 1.55. The molecule has 0 amide bonds. The van der Waals surface area contributed by atoms with Crippen molar-refractivity contribution in [2.24, 2.45) is 0 Å². The number of aromatic nitrogens is 4.